The molecular formula is C15H23NO. The highest BCUT2D eigenvalue weighted by atomic mass is 16.3. The van der Waals surface area contributed by atoms with Gasteiger partial charge in [-0.3, -0.25) is 0 Å². The van der Waals surface area contributed by atoms with Crippen molar-refractivity contribution in [1.29, 1.82) is 0 Å². The van der Waals surface area contributed by atoms with E-state index in [2.05, 4.69) is 49.5 Å². The molecule has 2 N–H and O–H groups in total. The molecule has 1 aromatic carbocycles. The molecule has 17 heavy (non-hydrogen) atoms. The summed E-state index contributed by atoms with van der Waals surface area (Å²) in [6.45, 7) is 7.14. The molecule has 0 amide bonds. The molecule has 2 rings (SSSR count). The van der Waals surface area contributed by atoms with Crippen LogP contribution in [0.5, 0.6) is 0 Å². The average Bonchev–Trinajstić information content (AvgIpc) is 2.28. The van der Waals surface area contributed by atoms with Gasteiger partial charge in [0, 0.05) is 12.6 Å². The Morgan fingerprint density at radius 3 is 2.53 bits per heavy atom. The second-order valence-electron chi connectivity index (χ2n) is 5.83. The van der Waals surface area contributed by atoms with Crippen LogP contribution < -0.4 is 5.32 Å². The van der Waals surface area contributed by atoms with Crippen LogP contribution in [0.2, 0.25) is 0 Å². The Hall–Kier alpha value is -0.860. The Bertz CT molecular complexity index is 358. The molecular weight excluding hydrogens is 210 g/mol. The second kappa shape index (κ2) is 4.79. The van der Waals surface area contributed by atoms with Crippen molar-refractivity contribution >= 4 is 0 Å². The van der Waals surface area contributed by atoms with Crippen LogP contribution in [0.1, 0.15) is 38.7 Å². The molecule has 0 bridgehead atoms. The van der Waals surface area contributed by atoms with Crippen molar-refractivity contribution in [3.05, 3.63) is 35.9 Å². The average molecular weight is 233 g/mol. The lowest BCUT2D eigenvalue weighted by molar-refractivity contribution is 0.0579. The third-order valence-electron chi connectivity index (χ3n) is 4.13. The molecule has 0 spiro atoms. The van der Waals surface area contributed by atoms with E-state index >= 15 is 0 Å². The standard InChI is InChI=1S/C15H23NO/c1-11(17)10-16-14-9-13(15(14,2)3)12-7-5-4-6-8-12/h4-8,11,13-14,16-17H,9-10H2,1-3H3/t11-,13+,14-/m1/s1. The van der Waals surface area contributed by atoms with Gasteiger partial charge in [-0.05, 0) is 30.2 Å². The number of aliphatic hydroxyl groups excluding tert-OH is 1. The van der Waals surface area contributed by atoms with Crippen LogP contribution in [-0.2, 0) is 0 Å². The fourth-order valence-electron chi connectivity index (χ4n) is 2.84. The van der Waals surface area contributed by atoms with E-state index in [9.17, 15) is 5.11 Å². The number of aliphatic hydroxyl groups is 1. The zero-order valence-corrected chi connectivity index (χ0v) is 11.0. The van der Waals surface area contributed by atoms with E-state index in [0.29, 0.717) is 18.5 Å². The van der Waals surface area contributed by atoms with Crippen molar-refractivity contribution in [2.45, 2.75) is 45.3 Å². The second-order valence-corrected chi connectivity index (χ2v) is 5.83. The van der Waals surface area contributed by atoms with Gasteiger partial charge in [-0.2, -0.15) is 0 Å². The molecule has 0 unspecified atom stereocenters. The highest BCUT2D eigenvalue weighted by molar-refractivity contribution is 5.27. The van der Waals surface area contributed by atoms with Gasteiger partial charge in [0.25, 0.3) is 0 Å². The van der Waals surface area contributed by atoms with Crippen molar-refractivity contribution in [2.75, 3.05) is 6.54 Å². The van der Waals surface area contributed by atoms with Crippen LogP contribution in [0.25, 0.3) is 0 Å². The lowest BCUT2D eigenvalue weighted by atomic mass is 9.56. The van der Waals surface area contributed by atoms with E-state index in [-0.39, 0.29) is 11.5 Å². The van der Waals surface area contributed by atoms with Gasteiger partial charge in [-0.1, -0.05) is 44.2 Å². The largest absolute Gasteiger partial charge is 0.392 e. The Labute approximate surface area is 104 Å². The maximum atomic E-state index is 9.31. The molecule has 94 valence electrons. The van der Waals surface area contributed by atoms with Crippen LogP contribution in [-0.4, -0.2) is 23.8 Å². The quantitative estimate of drug-likeness (QED) is 0.837. The molecule has 0 aliphatic heterocycles. The molecule has 2 heteroatoms. The first-order valence-corrected chi connectivity index (χ1v) is 6.48. The summed E-state index contributed by atoms with van der Waals surface area (Å²) in [5, 5.41) is 12.8. The molecule has 0 heterocycles. The lowest BCUT2D eigenvalue weighted by Crippen LogP contribution is -2.56. The van der Waals surface area contributed by atoms with E-state index in [1.807, 2.05) is 6.92 Å². The van der Waals surface area contributed by atoms with Crippen molar-refractivity contribution in [3.63, 3.8) is 0 Å². The van der Waals surface area contributed by atoms with E-state index in [1.165, 1.54) is 12.0 Å². The first-order chi connectivity index (χ1) is 8.01. The van der Waals surface area contributed by atoms with Gasteiger partial charge in [-0.25, -0.2) is 0 Å². The van der Waals surface area contributed by atoms with Crippen molar-refractivity contribution in [2.24, 2.45) is 5.41 Å². The first-order valence-electron chi connectivity index (χ1n) is 6.48. The number of hydrogen-bond acceptors (Lipinski definition) is 2. The van der Waals surface area contributed by atoms with Crippen molar-refractivity contribution in [3.8, 4) is 0 Å². The van der Waals surface area contributed by atoms with Crippen LogP contribution >= 0.6 is 0 Å². The molecule has 2 nitrogen and oxygen atoms in total. The van der Waals surface area contributed by atoms with E-state index in [1.54, 1.807) is 0 Å². The normalized spacial score (nSPS) is 28.5. The van der Waals surface area contributed by atoms with Gasteiger partial charge >= 0.3 is 0 Å². The van der Waals surface area contributed by atoms with E-state index in [4.69, 9.17) is 0 Å². The van der Waals surface area contributed by atoms with Crippen LogP contribution in [0.4, 0.5) is 0 Å². The third kappa shape index (κ3) is 2.53. The van der Waals surface area contributed by atoms with Gasteiger partial charge in [0.1, 0.15) is 0 Å². The van der Waals surface area contributed by atoms with Crippen molar-refractivity contribution < 1.29 is 5.11 Å². The predicted molar refractivity (Wildman–Crippen MR) is 71.1 cm³/mol. The van der Waals surface area contributed by atoms with Gasteiger partial charge in [0.15, 0.2) is 0 Å². The predicted octanol–water partition coefficient (Wildman–Crippen LogP) is 2.54. The summed E-state index contributed by atoms with van der Waals surface area (Å²) in [6, 6.07) is 11.2. The zero-order chi connectivity index (χ0) is 12.5. The summed E-state index contributed by atoms with van der Waals surface area (Å²) < 4.78 is 0. The summed E-state index contributed by atoms with van der Waals surface area (Å²) >= 11 is 0. The number of rotatable bonds is 4. The monoisotopic (exact) mass is 233 g/mol. The molecule has 1 aromatic rings. The van der Waals surface area contributed by atoms with E-state index < -0.39 is 0 Å². The minimum absolute atomic E-state index is 0.262. The Morgan fingerprint density at radius 2 is 2.00 bits per heavy atom. The lowest BCUT2D eigenvalue weighted by Gasteiger charge is -2.53. The van der Waals surface area contributed by atoms with Crippen molar-refractivity contribution in [1.82, 2.24) is 5.32 Å². The van der Waals surface area contributed by atoms with Gasteiger partial charge in [0.2, 0.25) is 0 Å². The highest BCUT2D eigenvalue weighted by Crippen LogP contribution is 2.52. The maximum Gasteiger partial charge on any atom is 0.0636 e. The van der Waals surface area contributed by atoms with Crippen LogP contribution in [0, 0.1) is 5.41 Å². The first kappa shape index (κ1) is 12.6. The molecule has 0 radical (unpaired) electrons. The number of nitrogens with one attached hydrogen (secondary N) is 1. The minimum atomic E-state index is -0.262. The summed E-state index contributed by atoms with van der Waals surface area (Å²) in [6.07, 6.45) is 0.908. The molecule has 1 aliphatic carbocycles. The molecule has 1 fully saturated rings. The molecule has 0 aromatic heterocycles. The van der Waals surface area contributed by atoms with Gasteiger partial charge in [0.05, 0.1) is 6.10 Å². The summed E-state index contributed by atoms with van der Waals surface area (Å²) in [4.78, 5) is 0. The highest BCUT2D eigenvalue weighted by Gasteiger charge is 2.48. The third-order valence-corrected chi connectivity index (χ3v) is 4.13. The smallest absolute Gasteiger partial charge is 0.0636 e. The Kier molecular flexibility index (Phi) is 3.55. The topological polar surface area (TPSA) is 32.3 Å². The molecule has 1 saturated carbocycles. The fourth-order valence-corrected chi connectivity index (χ4v) is 2.84. The maximum absolute atomic E-state index is 9.31. The van der Waals surface area contributed by atoms with E-state index in [0.717, 1.165) is 0 Å². The SMILES string of the molecule is C[C@@H](O)CN[C@@H]1C[C@@H](c2ccccc2)C1(C)C. The van der Waals surface area contributed by atoms with Gasteiger partial charge in [-0.15, -0.1) is 0 Å². The van der Waals surface area contributed by atoms with Gasteiger partial charge < -0.3 is 10.4 Å². The number of benzene rings is 1. The summed E-state index contributed by atoms with van der Waals surface area (Å²) in [7, 11) is 0. The van der Waals surface area contributed by atoms with Crippen LogP contribution in [0.3, 0.4) is 0 Å². The minimum Gasteiger partial charge on any atom is -0.392 e. The molecule has 3 atom stereocenters. The Morgan fingerprint density at radius 1 is 1.35 bits per heavy atom. The molecule has 1 aliphatic rings. The molecule has 0 saturated heterocycles. The summed E-state index contributed by atoms with van der Waals surface area (Å²) in [5.41, 5.74) is 1.71. The summed E-state index contributed by atoms with van der Waals surface area (Å²) in [5.74, 6) is 0.634. The number of hydrogen-bond donors (Lipinski definition) is 2. The van der Waals surface area contributed by atoms with Crippen LogP contribution in [0.15, 0.2) is 30.3 Å². The fraction of sp³-hybridized carbons (Fsp3) is 0.600. The zero-order valence-electron chi connectivity index (χ0n) is 11.0. The Balaban J connectivity index is 1.98.